The van der Waals surface area contributed by atoms with Crippen molar-refractivity contribution >= 4 is 56.4 Å². The molecule has 4 aromatic rings. The summed E-state index contributed by atoms with van der Waals surface area (Å²) in [7, 11) is -4.11. The lowest BCUT2D eigenvalue weighted by Crippen LogP contribution is -2.23. The van der Waals surface area contributed by atoms with Crippen LogP contribution in [0.3, 0.4) is 0 Å². The van der Waals surface area contributed by atoms with E-state index in [0.29, 0.717) is 27.1 Å². The van der Waals surface area contributed by atoms with Crippen molar-refractivity contribution in [3.63, 3.8) is 0 Å². The van der Waals surface area contributed by atoms with E-state index in [-0.39, 0.29) is 33.5 Å². The van der Waals surface area contributed by atoms with Crippen LogP contribution in [0.5, 0.6) is 11.5 Å². The number of sulfonamides is 1. The molecule has 4 rings (SSSR count). The second kappa shape index (κ2) is 10.8. The van der Waals surface area contributed by atoms with Gasteiger partial charge in [0.1, 0.15) is 22.2 Å². The number of nitrogens with one attached hydrogen (secondary N) is 2. The maximum absolute atomic E-state index is 13.1. The third kappa shape index (κ3) is 6.11. The SMILES string of the molecule is Cc1cc(S(=O)(=O)Nc2ccc(Oc3cncc(Cl)c3)c(C(=O)NCc3ccco3)c2)c(Cl)cc1Cl. The average molecular weight is 567 g/mol. The molecule has 1 amide bonds. The van der Waals surface area contributed by atoms with Gasteiger partial charge in [0.2, 0.25) is 0 Å². The number of nitrogens with zero attached hydrogens (tertiary/aromatic N) is 1. The van der Waals surface area contributed by atoms with Crippen LogP contribution in [0.1, 0.15) is 21.7 Å². The monoisotopic (exact) mass is 565 g/mol. The molecule has 0 unspecified atom stereocenters. The van der Waals surface area contributed by atoms with Crippen LogP contribution >= 0.6 is 34.8 Å². The molecule has 0 aliphatic rings. The Bertz CT molecular complexity index is 1530. The van der Waals surface area contributed by atoms with Crippen molar-refractivity contribution in [3.8, 4) is 11.5 Å². The Labute approximate surface area is 222 Å². The molecule has 2 N–H and O–H groups in total. The van der Waals surface area contributed by atoms with Gasteiger partial charge in [-0.15, -0.1) is 0 Å². The van der Waals surface area contributed by atoms with E-state index < -0.39 is 15.9 Å². The Kier molecular flexibility index (Phi) is 7.75. The number of pyridine rings is 1. The van der Waals surface area contributed by atoms with Crippen LogP contribution < -0.4 is 14.8 Å². The molecule has 8 nitrogen and oxygen atoms in total. The molecular formula is C24H18Cl3N3O5S. The van der Waals surface area contributed by atoms with Gasteiger partial charge in [-0.2, -0.15) is 0 Å². The van der Waals surface area contributed by atoms with Gasteiger partial charge in [-0.25, -0.2) is 8.42 Å². The molecule has 186 valence electrons. The van der Waals surface area contributed by atoms with E-state index in [0.717, 1.165) is 0 Å². The van der Waals surface area contributed by atoms with Crippen molar-refractivity contribution in [3.05, 3.63) is 99.1 Å². The number of aryl methyl sites for hydroxylation is 1. The third-order valence-electron chi connectivity index (χ3n) is 4.89. The maximum Gasteiger partial charge on any atom is 0.263 e. The van der Waals surface area contributed by atoms with E-state index in [9.17, 15) is 13.2 Å². The van der Waals surface area contributed by atoms with Crippen molar-refractivity contribution in [2.75, 3.05) is 4.72 Å². The summed E-state index contributed by atoms with van der Waals surface area (Å²) in [5, 5.41) is 3.36. The molecule has 2 aromatic carbocycles. The minimum atomic E-state index is -4.11. The molecule has 0 bridgehead atoms. The van der Waals surface area contributed by atoms with Crippen LogP contribution in [0.4, 0.5) is 5.69 Å². The molecule has 12 heteroatoms. The van der Waals surface area contributed by atoms with Crippen LogP contribution in [-0.4, -0.2) is 19.3 Å². The van der Waals surface area contributed by atoms with Gasteiger partial charge in [0.05, 0.1) is 34.6 Å². The molecule has 0 spiro atoms. The Balaban J connectivity index is 1.66. The van der Waals surface area contributed by atoms with Gasteiger partial charge >= 0.3 is 0 Å². The van der Waals surface area contributed by atoms with E-state index in [4.69, 9.17) is 44.0 Å². The fourth-order valence-corrected chi connectivity index (χ4v) is 5.20. The molecule has 0 atom stereocenters. The van der Waals surface area contributed by atoms with Crippen LogP contribution in [-0.2, 0) is 16.6 Å². The highest BCUT2D eigenvalue weighted by Crippen LogP contribution is 2.32. The fourth-order valence-electron chi connectivity index (χ4n) is 3.16. The predicted octanol–water partition coefficient (Wildman–Crippen LogP) is 6.47. The first-order valence-corrected chi connectivity index (χ1v) is 13.0. The Morgan fingerprint density at radius 3 is 2.58 bits per heavy atom. The number of benzene rings is 2. The van der Waals surface area contributed by atoms with Crippen LogP contribution in [0, 0.1) is 6.92 Å². The molecule has 2 heterocycles. The fraction of sp³-hybridized carbons (Fsp3) is 0.0833. The maximum atomic E-state index is 13.1. The number of halogens is 3. The zero-order valence-corrected chi connectivity index (χ0v) is 21.7. The van der Waals surface area contributed by atoms with Crippen LogP contribution in [0.15, 0.2) is 76.5 Å². The normalized spacial score (nSPS) is 11.2. The Hall–Kier alpha value is -3.24. The zero-order chi connectivity index (χ0) is 25.9. The molecule has 0 saturated heterocycles. The molecular weight excluding hydrogens is 549 g/mol. The summed E-state index contributed by atoms with van der Waals surface area (Å²) >= 11 is 18.2. The van der Waals surface area contributed by atoms with E-state index in [2.05, 4.69) is 15.0 Å². The second-order valence-corrected chi connectivity index (χ2v) is 10.5. The van der Waals surface area contributed by atoms with Crippen molar-refractivity contribution in [1.29, 1.82) is 0 Å². The Morgan fingerprint density at radius 2 is 1.86 bits per heavy atom. The third-order valence-corrected chi connectivity index (χ3v) is 7.35. The number of rotatable bonds is 8. The van der Waals surface area contributed by atoms with Crippen molar-refractivity contribution in [2.24, 2.45) is 0 Å². The zero-order valence-electron chi connectivity index (χ0n) is 18.6. The molecule has 0 saturated carbocycles. The number of ether oxygens (including phenoxy) is 1. The van der Waals surface area contributed by atoms with Crippen LogP contribution in [0.2, 0.25) is 15.1 Å². The lowest BCUT2D eigenvalue weighted by atomic mass is 10.1. The number of carbonyl (C=O) groups is 1. The van der Waals surface area contributed by atoms with Crippen molar-refractivity contribution in [1.82, 2.24) is 10.3 Å². The van der Waals surface area contributed by atoms with Gasteiger partial charge in [-0.1, -0.05) is 34.8 Å². The first kappa shape index (κ1) is 25.8. The summed E-state index contributed by atoms with van der Waals surface area (Å²) in [5.74, 6) is 0.450. The number of aromatic nitrogens is 1. The second-order valence-electron chi connectivity index (χ2n) is 7.55. The summed E-state index contributed by atoms with van der Waals surface area (Å²) < 4.78 is 39.6. The number of hydrogen-bond acceptors (Lipinski definition) is 6. The number of furan rings is 1. The highest BCUT2D eigenvalue weighted by molar-refractivity contribution is 7.92. The summed E-state index contributed by atoms with van der Waals surface area (Å²) in [6.45, 7) is 1.77. The minimum Gasteiger partial charge on any atom is -0.467 e. The van der Waals surface area contributed by atoms with Gasteiger partial charge in [0.15, 0.2) is 0 Å². The van der Waals surface area contributed by atoms with E-state index in [1.54, 1.807) is 19.1 Å². The van der Waals surface area contributed by atoms with Crippen molar-refractivity contribution < 1.29 is 22.4 Å². The quantitative estimate of drug-likeness (QED) is 0.253. The lowest BCUT2D eigenvalue weighted by Gasteiger charge is -2.15. The van der Waals surface area contributed by atoms with Gasteiger partial charge in [-0.3, -0.25) is 14.5 Å². The predicted molar refractivity (Wildman–Crippen MR) is 138 cm³/mol. The van der Waals surface area contributed by atoms with Crippen molar-refractivity contribution in [2.45, 2.75) is 18.4 Å². The molecule has 0 radical (unpaired) electrons. The number of anilines is 1. The van der Waals surface area contributed by atoms with Gasteiger partial charge in [0.25, 0.3) is 15.9 Å². The minimum absolute atomic E-state index is 0.0390. The highest BCUT2D eigenvalue weighted by Gasteiger charge is 2.22. The topological polar surface area (TPSA) is 111 Å². The molecule has 2 aromatic heterocycles. The van der Waals surface area contributed by atoms with Gasteiger partial charge < -0.3 is 14.5 Å². The highest BCUT2D eigenvalue weighted by atomic mass is 35.5. The summed E-state index contributed by atoms with van der Waals surface area (Å²) in [5.41, 5.74) is 0.705. The molecule has 0 aliphatic heterocycles. The summed E-state index contributed by atoms with van der Waals surface area (Å²) in [6.07, 6.45) is 4.35. The number of hydrogen-bond donors (Lipinski definition) is 2. The number of carbonyl (C=O) groups excluding carboxylic acids is 1. The van der Waals surface area contributed by atoms with E-state index in [1.807, 2.05) is 0 Å². The van der Waals surface area contributed by atoms with Gasteiger partial charge in [0, 0.05) is 23.0 Å². The van der Waals surface area contributed by atoms with Gasteiger partial charge in [-0.05, 0) is 55.0 Å². The van der Waals surface area contributed by atoms with Crippen LogP contribution in [0.25, 0.3) is 0 Å². The molecule has 0 aliphatic carbocycles. The summed E-state index contributed by atoms with van der Waals surface area (Å²) in [6, 6.07) is 11.9. The number of amides is 1. The summed E-state index contributed by atoms with van der Waals surface area (Å²) in [4.78, 5) is 16.9. The smallest absolute Gasteiger partial charge is 0.263 e. The molecule has 0 fully saturated rings. The standard InChI is InChI=1S/C24H18Cl3N3O5S/c1-14-7-23(21(27)10-20(14)26)36(32,33)30-16-4-5-22(35-18-8-15(25)11-28-12-18)19(9-16)24(31)29-13-17-3-2-6-34-17/h2-12,30H,13H2,1H3,(H,29,31). The van der Waals surface area contributed by atoms with E-state index >= 15 is 0 Å². The first-order valence-electron chi connectivity index (χ1n) is 10.3. The molecule has 36 heavy (non-hydrogen) atoms. The average Bonchev–Trinajstić information content (AvgIpc) is 3.34. The van der Waals surface area contributed by atoms with E-state index in [1.165, 1.54) is 55.1 Å². The first-order chi connectivity index (χ1) is 17.1. The Morgan fingerprint density at radius 1 is 1.06 bits per heavy atom. The lowest BCUT2D eigenvalue weighted by molar-refractivity contribution is 0.0945. The largest absolute Gasteiger partial charge is 0.467 e.